The molecule has 3 rings (SSSR count). The monoisotopic (exact) mass is 294 g/mol. The van der Waals surface area contributed by atoms with Crippen LogP contribution >= 0.6 is 11.3 Å². The molecule has 1 aromatic carbocycles. The second-order valence-corrected chi connectivity index (χ2v) is 5.83. The van der Waals surface area contributed by atoms with Crippen LogP contribution in [0.5, 0.6) is 0 Å². The third-order valence-electron chi connectivity index (χ3n) is 3.61. The molecule has 1 fully saturated rings. The molecular formula is C15H16F2N2S. The first kappa shape index (κ1) is 13.7. The summed E-state index contributed by atoms with van der Waals surface area (Å²) in [5, 5.41) is 5.26. The molecule has 1 atom stereocenters. The Morgan fingerprint density at radius 3 is 2.60 bits per heavy atom. The molecule has 1 aliphatic heterocycles. The fourth-order valence-corrected chi connectivity index (χ4v) is 3.53. The number of piperazine rings is 1. The van der Waals surface area contributed by atoms with Gasteiger partial charge >= 0.3 is 0 Å². The minimum atomic E-state index is -0.779. The van der Waals surface area contributed by atoms with E-state index in [-0.39, 0.29) is 6.04 Å². The number of nitrogens with one attached hydrogen (secondary N) is 1. The Hall–Kier alpha value is -1.30. The highest BCUT2D eigenvalue weighted by Crippen LogP contribution is 2.33. The molecule has 1 aliphatic rings. The highest BCUT2D eigenvalue weighted by Gasteiger charge is 2.27. The van der Waals surface area contributed by atoms with Crippen LogP contribution in [-0.2, 0) is 0 Å². The van der Waals surface area contributed by atoms with E-state index in [0.29, 0.717) is 5.56 Å². The smallest absolute Gasteiger partial charge is 0.163 e. The molecule has 1 N–H and O–H groups in total. The fourth-order valence-electron chi connectivity index (χ4n) is 2.65. The van der Waals surface area contributed by atoms with E-state index < -0.39 is 11.6 Å². The highest BCUT2D eigenvalue weighted by molar-refractivity contribution is 7.10. The van der Waals surface area contributed by atoms with E-state index >= 15 is 0 Å². The molecule has 0 aliphatic carbocycles. The van der Waals surface area contributed by atoms with E-state index in [0.717, 1.165) is 31.1 Å². The van der Waals surface area contributed by atoms with Crippen LogP contribution in [0, 0.1) is 11.6 Å². The zero-order valence-corrected chi connectivity index (χ0v) is 11.8. The lowest BCUT2D eigenvalue weighted by molar-refractivity contribution is 0.197. The maximum Gasteiger partial charge on any atom is 0.163 e. The van der Waals surface area contributed by atoms with Gasteiger partial charge in [-0.2, -0.15) is 0 Å². The lowest BCUT2D eigenvalue weighted by atomic mass is 10.0. The van der Waals surface area contributed by atoms with E-state index in [2.05, 4.69) is 10.2 Å². The molecule has 0 spiro atoms. The summed E-state index contributed by atoms with van der Waals surface area (Å²) in [6.45, 7) is 3.41. The van der Waals surface area contributed by atoms with Gasteiger partial charge in [-0.05, 0) is 17.5 Å². The molecule has 0 saturated carbocycles. The van der Waals surface area contributed by atoms with E-state index in [1.807, 2.05) is 17.5 Å². The van der Waals surface area contributed by atoms with Crippen LogP contribution in [0.2, 0.25) is 0 Å². The molecule has 2 nitrogen and oxygen atoms in total. The number of rotatable bonds is 3. The fraction of sp³-hybridized carbons (Fsp3) is 0.333. The molecule has 106 valence electrons. The van der Waals surface area contributed by atoms with Gasteiger partial charge in [-0.25, -0.2) is 8.78 Å². The largest absolute Gasteiger partial charge is 0.314 e. The minimum Gasteiger partial charge on any atom is -0.314 e. The maximum absolute atomic E-state index is 14.2. The van der Waals surface area contributed by atoms with Gasteiger partial charge in [0.2, 0.25) is 0 Å². The first-order chi connectivity index (χ1) is 9.77. The SMILES string of the molecule is Fc1cccc([C@@H](c2cccs2)N2CCNCC2)c1F. The van der Waals surface area contributed by atoms with Crippen LogP contribution in [0.4, 0.5) is 8.78 Å². The van der Waals surface area contributed by atoms with Crippen molar-refractivity contribution in [1.82, 2.24) is 10.2 Å². The number of nitrogens with zero attached hydrogens (tertiary/aromatic N) is 1. The number of thiophene rings is 1. The van der Waals surface area contributed by atoms with Gasteiger partial charge in [-0.1, -0.05) is 18.2 Å². The van der Waals surface area contributed by atoms with Gasteiger partial charge in [0.05, 0.1) is 6.04 Å². The van der Waals surface area contributed by atoms with Crippen molar-refractivity contribution < 1.29 is 8.78 Å². The Morgan fingerprint density at radius 2 is 1.90 bits per heavy atom. The lowest BCUT2D eigenvalue weighted by Gasteiger charge is -2.34. The van der Waals surface area contributed by atoms with Crippen molar-refractivity contribution in [2.45, 2.75) is 6.04 Å². The normalized spacial score (nSPS) is 18.1. The average molecular weight is 294 g/mol. The average Bonchev–Trinajstić information content (AvgIpc) is 2.99. The summed E-state index contributed by atoms with van der Waals surface area (Å²) >= 11 is 1.58. The summed E-state index contributed by atoms with van der Waals surface area (Å²) in [6, 6.07) is 8.17. The van der Waals surface area contributed by atoms with Gasteiger partial charge in [0, 0.05) is 36.6 Å². The van der Waals surface area contributed by atoms with Crippen LogP contribution in [0.15, 0.2) is 35.7 Å². The predicted molar refractivity (Wildman–Crippen MR) is 77.0 cm³/mol. The molecule has 5 heteroatoms. The Balaban J connectivity index is 2.03. The van der Waals surface area contributed by atoms with Crippen molar-refractivity contribution in [3.05, 3.63) is 57.8 Å². The Labute approximate surface area is 121 Å². The standard InChI is InChI=1S/C15H16F2N2S/c16-12-4-1-3-11(14(12)17)15(13-5-2-10-20-13)19-8-6-18-7-9-19/h1-5,10,15,18H,6-9H2/t15-/m0/s1. The van der Waals surface area contributed by atoms with Crippen LogP contribution in [0.1, 0.15) is 16.5 Å². The minimum absolute atomic E-state index is 0.201. The summed E-state index contributed by atoms with van der Waals surface area (Å²) < 4.78 is 27.7. The second kappa shape index (κ2) is 5.99. The predicted octanol–water partition coefficient (Wildman–Crippen LogP) is 3.02. The van der Waals surface area contributed by atoms with E-state index in [4.69, 9.17) is 0 Å². The molecule has 1 aromatic heterocycles. The maximum atomic E-state index is 14.2. The van der Waals surface area contributed by atoms with Crippen molar-refractivity contribution in [1.29, 1.82) is 0 Å². The number of hydrogen-bond acceptors (Lipinski definition) is 3. The quantitative estimate of drug-likeness (QED) is 0.936. The van der Waals surface area contributed by atoms with E-state index in [1.54, 1.807) is 23.5 Å². The van der Waals surface area contributed by atoms with Gasteiger partial charge in [-0.3, -0.25) is 4.90 Å². The van der Waals surface area contributed by atoms with E-state index in [9.17, 15) is 8.78 Å². The van der Waals surface area contributed by atoms with Crippen LogP contribution in [-0.4, -0.2) is 31.1 Å². The summed E-state index contributed by atoms with van der Waals surface area (Å²) in [7, 11) is 0. The first-order valence-electron chi connectivity index (χ1n) is 6.69. The molecule has 20 heavy (non-hydrogen) atoms. The summed E-state index contributed by atoms with van der Waals surface area (Å²) in [6.07, 6.45) is 0. The summed E-state index contributed by atoms with van der Waals surface area (Å²) in [5.74, 6) is -1.51. The van der Waals surface area contributed by atoms with Crippen LogP contribution in [0.25, 0.3) is 0 Å². The molecule has 1 saturated heterocycles. The molecular weight excluding hydrogens is 278 g/mol. The van der Waals surface area contributed by atoms with Crippen LogP contribution in [0.3, 0.4) is 0 Å². The van der Waals surface area contributed by atoms with Crippen molar-refractivity contribution in [2.24, 2.45) is 0 Å². The highest BCUT2D eigenvalue weighted by atomic mass is 32.1. The third-order valence-corrected chi connectivity index (χ3v) is 4.53. The second-order valence-electron chi connectivity index (χ2n) is 4.85. The van der Waals surface area contributed by atoms with Gasteiger partial charge in [0.1, 0.15) is 0 Å². The molecule has 0 unspecified atom stereocenters. The summed E-state index contributed by atoms with van der Waals surface area (Å²) in [4.78, 5) is 3.26. The number of benzene rings is 1. The lowest BCUT2D eigenvalue weighted by Crippen LogP contribution is -2.45. The van der Waals surface area contributed by atoms with Crippen molar-refractivity contribution in [3.8, 4) is 0 Å². The van der Waals surface area contributed by atoms with Crippen molar-refractivity contribution >= 4 is 11.3 Å². The third kappa shape index (κ3) is 2.61. The Morgan fingerprint density at radius 1 is 1.10 bits per heavy atom. The zero-order valence-electron chi connectivity index (χ0n) is 11.0. The van der Waals surface area contributed by atoms with Gasteiger partial charge in [-0.15, -0.1) is 11.3 Å². The Bertz CT molecular complexity index is 565. The van der Waals surface area contributed by atoms with Crippen molar-refractivity contribution in [3.63, 3.8) is 0 Å². The Kier molecular flexibility index (Phi) is 4.10. The van der Waals surface area contributed by atoms with Gasteiger partial charge < -0.3 is 5.32 Å². The first-order valence-corrected chi connectivity index (χ1v) is 7.57. The molecule has 2 heterocycles. The molecule has 2 aromatic rings. The molecule has 0 radical (unpaired) electrons. The topological polar surface area (TPSA) is 15.3 Å². The number of halogens is 2. The zero-order chi connectivity index (χ0) is 13.9. The van der Waals surface area contributed by atoms with Crippen LogP contribution < -0.4 is 5.32 Å². The van der Waals surface area contributed by atoms with Crippen molar-refractivity contribution in [2.75, 3.05) is 26.2 Å². The van der Waals surface area contributed by atoms with Gasteiger partial charge in [0.25, 0.3) is 0 Å². The molecule has 0 bridgehead atoms. The van der Waals surface area contributed by atoms with Gasteiger partial charge in [0.15, 0.2) is 11.6 Å². The molecule has 0 amide bonds. The number of hydrogen-bond donors (Lipinski definition) is 1. The summed E-state index contributed by atoms with van der Waals surface area (Å²) in [5.41, 5.74) is 0.425. The van der Waals surface area contributed by atoms with E-state index in [1.165, 1.54) is 6.07 Å².